The molecule has 3 aromatic heterocycles. The molecule has 0 atom stereocenters. The Morgan fingerprint density at radius 1 is 1.11 bits per heavy atom. The first kappa shape index (κ1) is 18.6. The van der Waals surface area contributed by atoms with Crippen LogP contribution >= 0.6 is 7.60 Å². The molecule has 0 unspecified atom stereocenters. The number of aromatic nitrogens is 4. The number of benzene rings is 1. The van der Waals surface area contributed by atoms with Crippen LogP contribution in [-0.2, 0) is 11.1 Å². The molecular weight excluding hydrogens is 389 g/mol. The first-order valence-corrected chi connectivity index (χ1v) is 9.89. The third kappa shape index (κ3) is 3.07. The lowest BCUT2D eigenvalue weighted by atomic mass is 10.2. The van der Waals surface area contributed by atoms with Gasteiger partial charge in [-0.05, 0) is 38.1 Å². The summed E-state index contributed by atoms with van der Waals surface area (Å²) in [7, 11) is -4.91. The van der Waals surface area contributed by atoms with Crippen LogP contribution in [0, 0.1) is 25.5 Å². The quantitative estimate of drug-likeness (QED) is 0.509. The molecule has 10 heteroatoms. The van der Waals surface area contributed by atoms with E-state index in [2.05, 4.69) is 15.0 Å². The van der Waals surface area contributed by atoms with Crippen molar-refractivity contribution in [2.75, 3.05) is 0 Å². The smallest absolute Gasteiger partial charge is 0.323 e. The highest BCUT2D eigenvalue weighted by Gasteiger charge is 2.25. The number of aryl methyl sites for hydroxylation is 2. The SMILES string of the molecule is Cc1ccc2c(ncc3nc(C)n(Cc4cc(F)c(P(=O)(O)O)cc4F)c32)n1. The van der Waals surface area contributed by atoms with E-state index in [1.165, 1.54) is 0 Å². The molecule has 28 heavy (non-hydrogen) atoms. The average molecular weight is 404 g/mol. The van der Waals surface area contributed by atoms with Gasteiger partial charge in [-0.3, -0.25) is 4.57 Å². The van der Waals surface area contributed by atoms with Crippen LogP contribution in [0.3, 0.4) is 0 Å². The molecule has 7 nitrogen and oxygen atoms in total. The van der Waals surface area contributed by atoms with Gasteiger partial charge in [-0.15, -0.1) is 0 Å². The molecule has 0 aliphatic rings. The highest BCUT2D eigenvalue weighted by Crippen LogP contribution is 2.35. The Hall–Kier alpha value is -2.74. The molecule has 0 fully saturated rings. The van der Waals surface area contributed by atoms with Gasteiger partial charge in [-0.1, -0.05) is 0 Å². The first-order chi connectivity index (χ1) is 13.1. The third-order valence-electron chi connectivity index (χ3n) is 4.52. The van der Waals surface area contributed by atoms with E-state index in [0.29, 0.717) is 28.6 Å². The molecule has 4 aromatic rings. The van der Waals surface area contributed by atoms with Crippen molar-refractivity contribution >= 4 is 35.0 Å². The average Bonchev–Trinajstić information content (AvgIpc) is 2.92. The number of imidazole rings is 1. The lowest BCUT2D eigenvalue weighted by molar-refractivity contribution is 0.385. The van der Waals surface area contributed by atoms with E-state index in [-0.39, 0.29) is 12.1 Å². The molecule has 144 valence electrons. The maximum atomic E-state index is 14.5. The summed E-state index contributed by atoms with van der Waals surface area (Å²) in [5.74, 6) is -1.51. The van der Waals surface area contributed by atoms with Gasteiger partial charge in [0.15, 0.2) is 5.65 Å². The van der Waals surface area contributed by atoms with Gasteiger partial charge < -0.3 is 14.4 Å². The summed E-state index contributed by atoms with van der Waals surface area (Å²) in [6, 6.07) is 5.02. The Morgan fingerprint density at radius 3 is 2.57 bits per heavy atom. The van der Waals surface area contributed by atoms with Crippen molar-refractivity contribution in [3.8, 4) is 0 Å². The van der Waals surface area contributed by atoms with E-state index in [1.54, 1.807) is 17.7 Å². The molecule has 1 aromatic carbocycles. The summed E-state index contributed by atoms with van der Waals surface area (Å²) in [4.78, 5) is 31.4. The van der Waals surface area contributed by atoms with E-state index < -0.39 is 24.5 Å². The van der Waals surface area contributed by atoms with Crippen molar-refractivity contribution in [3.05, 3.63) is 59.2 Å². The van der Waals surface area contributed by atoms with Crippen molar-refractivity contribution in [1.29, 1.82) is 0 Å². The summed E-state index contributed by atoms with van der Waals surface area (Å²) in [5.41, 5.74) is 2.51. The molecule has 0 saturated carbocycles. The van der Waals surface area contributed by atoms with Gasteiger partial charge >= 0.3 is 7.60 Å². The minimum atomic E-state index is -4.91. The highest BCUT2D eigenvalue weighted by molar-refractivity contribution is 7.60. The number of rotatable bonds is 3. The minimum Gasteiger partial charge on any atom is -0.323 e. The molecule has 0 saturated heterocycles. The van der Waals surface area contributed by atoms with Crippen LogP contribution < -0.4 is 5.30 Å². The molecule has 2 N–H and O–H groups in total. The summed E-state index contributed by atoms with van der Waals surface area (Å²) in [6.07, 6.45) is 1.57. The molecule has 4 rings (SSSR count). The zero-order chi connectivity index (χ0) is 20.2. The number of fused-ring (bicyclic) bond motifs is 3. The highest BCUT2D eigenvalue weighted by atomic mass is 31.2. The Balaban J connectivity index is 1.90. The summed E-state index contributed by atoms with van der Waals surface area (Å²) < 4.78 is 41.6. The van der Waals surface area contributed by atoms with E-state index in [9.17, 15) is 13.3 Å². The van der Waals surface area contributed by atoms with Gasteiger partial charge in [0.25, 0.3) is 0 Å². The predicted octanol–water partition coefficient (Wildman–Crippen LogP) is 2.73. The topological polar surface area (TPSA) is 101 Å². The molecule has 0 aliphatic heterocycles. The predicted molar refractivity (Wildman–Crippen MR) is 99.4 cm³/mol. The maximum Gasteiger partial charge on any atom is 0.359 e. The van der Waals surface area contributed by atoms with E-state index >= 15 is 0 Å². The Kier molecular flexibility index (Phi) is 4.26. The molecule has 0 spiro atoms. The van der Waals surface area contributed by atoms with E-state index in [0.717, 1.165) is 17.1 Å². The van der Waals surface area contributed by atoms with Crippen molar-refractivity contribution in [2.24, 2.45) is 0 Å². The maximum absolute atomic E-state index is 14.5. The first-order valence-electron chi connectivity index (χ1n) is 8.28. The van der Waals surface area contributed by atoms with Gasteiger partial charge in [0.2, 0.25) is 0 Å². The van der Waals surface area contributed by atoms with Gasteiger partial charge in [0.1, 0.15) is 28.3 Å². The standard InChI is InChI=1S/C18H15F2N4O3P/c1-9-3-4-12-17-15(7-21-18(12)22-9)23-10(2)24(17)8-11-5-14(20)16(6-13(11)19)28(25,26)27/h3-7H,8H2,1-2H3,(H2,25,26,27). The van der Waals surface area contributed by atoms with Crippen LogP contribution in [0.2, 0.25) is 0 Å². The van der Waals surface area contributed by atoms with Gasteiger partial charge in [-0.2, -0.15) is 0 Å². The Labute approximate surface area is 157 Å². The normalized spacial score (nSPS) is 12.2. The van der Waals surface area contributed by atoms with Crippen molar-refractivity contribution in [3.63, 3.8) is 0 Å². The lowest BCUT2D eigenvalue weighted by Gasteiger charge is -2.12. The van der Waals surface area contributed by atoms with Crippen LogP contribution in [-0.4, -0.2) is 29.3 Å². The van der Waals surface area contributed by atoms with Gasteiger partial charge in [0, 0.05) is 16.6 Å². The van der Waals surface area contributed by atoms with E-state index in [1.807, 2.05) is 19.1 Å². The minimum absolute atomic E-state index is 0.0536. The van der Waals surface area contributed by atoms with Crippen molar-refractivity contribution < 1.29 is 23.1 Å². The molecule has 0 bridgehead atoms. The Bertz CT molecular complexity index is 1300. The van der Waals surface area contributed by atoms with E-state index in [4.69, 9.17) is 9.79 Å². The Morgan fingerprint density at radius 2 is 1.86 bits per heavy atom. The number of halogens is 2. The van der Waals surface area contributed by atoms with Crippen LogP contribution in [0.4, 0.5) is 8.78 Å². The molecule has 0 aliphatic carbocycles. The van der Waals surface area contributed by atoms with Crippen LogP contribution in [0.15, 0.2) is 30.5 Å². The number of pyridine rings is 2. The fourth-order valence-corrected chi connectivity index (χ4v) is 3.82. The second kappa shape index (κ2) is 6.41. The monoisotopic (exact) mass is 404 g/mol. The van der Waals surface area contributed by atoms with Gasteiger partial charge in [0.05, 0.1) is 18.3 Å². The lowest BCUT2D eigenvalue weighted by Crippen LogP contribution is -2.14. The zero-order valence-corrected chi connectivity index (χ0v) is 15.8. The zero-order valence-electron chi connectivity index (χ0n) is 14.9. The van der Waals surface area contributed by atoms with Crippen molar-refractivity contribution in [2.45, 2.75) is 20.4 Å². The number of hydrogen-bond acceptors (Lipinski definition) is 4. The second-order valence-corrected chi connectivity index (χ2v) is 8.07. The molecule has 0 amide bonds. The molecule has 0 radical (unpaired) electrons. The van der Waals surface area contributed by atoms with Gasteiger partial charge in [-0.25, -0.2) is 23.7 Å². The van der Waals surface area contributed by atoms with Crippen molar-refractivity contribution in [1.82, 2.24) is 19.5 Å². The summed E-state index contributed by atoms with van der Waals surface area (Å²) in [6.45, 7) is 3.50. The third-order valence-corrected chi connectivity index (χ3v) is 5.49. The number of hydrogen-bond donors (Lipinski definition) is 2. The van der Waals surface area contributed by atoms with Crippen LogP contribution in [0.5, 0.6) is 0 Å². The fraction of sp³-hybridized carbons (Fsp3) is 0.167. The van der Waals surface area contributed by atoms with Crippen LogP contribution in [0.25, 0.3) is 22.1 Å². The van der Waals surface area contributed by atoms with Crippen LogP contribution in [0.1, 0.15) is 17.1 Å². The summed E-state index contributed by atoms with van der Waals surface area (Å²) in [5, 5.41) is -0.244. The molecule has 3 heterocycles. The largest absolute Gasteiger partial charge is 0.359 e. The fourth-order valence-electron chi connectivity index (χ4n) is 3.20. The molecular formula is C18H15F2N4O3P. The second-order valence-electron chi connectivity index (χ2n) is 6.50. The number of nitrogens with zero attached hydrogens (tertiary/aromatic N) is 4. The summed E-state index contributed by atoms with van der Waals surface area (Å²) >= 11 is 0.